The molecule has 0 saturated heterocycles. The third kappa shape index (κ3) is 5.99. The van der Waals surface area contributed by atoms with Gasteiger partial charge in [-0.25, -0.2) is 9.97 Å². The molecule has 2 aromatic heterocycles. The van der Waals surface area contributed by atoms with Gasteiger partial charge in [0.15, 0.2) is 11.2 Å². The Labute approximate surface area is 359 Å². The van der Waals surface area contributed by atoms with E-state index in [1.54, 1.807) is 0 Å². The lowest BCUT2D eigenvalue weighted by atomic mass is 9.74. The molecular formula is C58H38N2O2. The summed E-state index contributed by atoms with van der Waals surface area (Å²) in [7, 11) is 0. The molecule has 11 aromatic rings. The van der Waals surface area contributed by atoms with E-state index >= 15 is 0 Å². The van der Waals surface area contributed by atoms with Gasteiger partial charge in [-0.05, 0) is 158 Å². The van der Waals surface area contributed by atoms with Crippen molar-refractivity contribution in [2.45, 2.75) is 12.3 Å². The van der Waals surface area contributed by atoms with E-state index in [4.69, 9.17) is 18.8 Å². The first-order chi connectivity index (χ1) is 30.5. The van der Waals surface area contributed by atoms with Crippen molar-refractivity contribution in [3.05, 3.63) is 229 Å². The van der Waals surface area contributed by atoms with Crippen LogP contribution < -0.4 is 0 Å². The van der Waals surface area contributed by atoms with Crippen LogP contribution in [-0.4, -0.2) is 9.97 Å². The molecule has 1 atom stereocenters. The van der Waals surface area contributed by atoms with Crippen LogP contribution in [0.15, 0.2) is 221 Å². The first kappa shape index (κ1) is 35.8. The zero-order chi connectivity index (χ0) is 41.2. The third-order valence-electron chi connectivity index (χ3n) is 12.6. The van der Waals surface area contributed by atoms with Crippen LogP contribution in [0.25, 0.3) is 101 Å². The minimum absolute atomic E-state index is 0.275. The zero-order valence-corrected chi connectivity index (χ0v) is 33.9. The topological polar surface area (TPSA) is 52.1 Å². The van der Waals surface area contributed by atoms with Crippen molar-refractivity contribution < 1.29 is 8.83 Å². The molecule has 1 aliphatic rings. The fourth-order valence-corrected chi connectivity index (χ4v) is 9.41. The maximum Gasteiger partial charge on any atom is 0.227 e. The van der Waals surface area contributed by atoms with E-state index in [9.17, 15) is 0 Å². The Morgan fingerprint density at radius 2 is 0.742 bits per heavy atom. The monoisotopic (exact) mass is 794 g/mol. The van der Waals surface area contributed by atoms with E-state index in [-0.39, 0.29) is 5.41 Å². The zero-order valence-electron chi connectivity index (χ0n) is 33.9. The van der Waals surface area contributed by atoms with Crippen LogP contribution in [0.3, 0.4) is 0 Å². The quantitative estimate of drug-likeness (QED) is 0.161. The van der Waals surface area contributed by atoms with Gasteiger partial charge >= 0.3 is 0 Å². The van der Waals surface area contributed by atoms with Crippen molar-refractivity contribution >= 4 is 22.2 Å². The fraction of sp³-hybridized carbons (Fsp3) is 0.0345. The number of fused-ring (bicyclic) bond motifs is 5. The first-order valence-electron chi connectivity index (χ1n) is 21.0. The van der Waals surface area contributed by atoms with Gasteiger partial charge in [0, 0.05) is 16.5 Å². The molecule has 4 nitrogen and oxygen atoms in total. The molecule has 9 aromatic carbocycles. The minimum atomic E-state index is -0.275. The highest BCUT2D eigenvalue weighted by atomic mass is 16.4. The molecule has 0 fully saturated rings. The van der Waals surface area contributed by atoms with Gasteiger partial charge in [0.2, 0.25) is 11.8 Å². The van der Waals surface area contributed by atoms with Crippen molar-refractivity contribution in [2.75, 3.05) is 0 Å². The molecule has 0 saturated carbocycles. The number of hydrogen-bond donors (Lipinski definition) is 0. The molecule has 12 rings (SSSR count). The average Bonchev–Trinajstić information content (AvgIpc) is 4.05. The number of benzene rings is 9. The predicted molar refractivity (Wildman–Crippen MR) is 252 cm³/mol. The summed E-state index contributed by atoms with van der Waals surface area (Å²) in [5.74, 6) is 1.20. The summed E-state index contributed by atoms with van der Waals surface area (Å²) in [6.07, 6.45) is 0. The molecule has 0 spiro atoms. The van der Waals surface area contributed by atoms with E-state index < -0.39 is 0 Å². The summed E-state index contributed by atoms with van der Waals surface area (Å²) in [5, 5.41) is 0. The second kappa shape index (κ2) is 14.3. The molecule has 0 bridgehead atoms. The van der Waals surface area contributed by atoms with Crippen LogP contribution >= 0.6 is 0 Å². The highest BCUT2D eigenvalue weighted by Gasteiger charge is 2.40. The minimum Gasteiger partial charge on any atom is -0.436 e. The third-order valence-corrected chi connectivity index (χ3v) is 12.6. The standard InChI is InChI=1S/C58H38N2O2/c1-58(47-20-3-2-4-21-47)50-23-6-5-22-48(50)49-29-28-41(36-51(49)58)37-14-11-15-38(30-37)44-33-45(39-16-12-18-42(31-39)56-59-52-24-7-9-26-54(52)61-56)35-46(34-44)40-17-13-19-43(32-40)57-60-53-25-8-10-27-55(53)62-57/h2-36H,1H3. The van der Waals surface area contributed by atoms with Crippen LogP contribution in [0.1, 0.15) is 23.6 Å². The summed E-state index contributed by atoms with van der Waals surface area (Å²) >= 11 is 0. The Hall–Kier alpha value is -8.08. The Kier molecular flexibility index (Phi) is 8.26. The summed E-state index contributed by atoms with van der Waals surface area (Å²) in [4.78, 5) is 9.64. The maximum absolute atomic E-state index is 6.22. The van der Waals surface area contributed by atoms with Gasteiger partial charge in [0.1, 0.15) is 11.0 Å². The van der Waals surface area contributed by atoms with Crippen LogP contribution in [0.2, 0.25) is 0 Å². The molecule has 62 heavy (non-hydrogen) atoms. The summed E-state index contributed by atoms with van der Waals surface area (Å²) in [5.41, 5.74) is 20.3. The highest BCUT2D eigenvalue weighted by molar-refractivity contribution is 5.88. The van der Waals surface area contributed by atoms with Crippen LogP contribution in [0.5, 0.6) is 0 Å². The van der Waals surface area contributed by atoms with Gasteiger partial charge in [-0.1, -0.05) is 133 Å². The first-order valence-corrected chi connectivity index (χ1v) is 21.0. The predicted octanol–water partition coefficient (Wildman–Crippen LogP) is 15.3. The Morgan fingerprint density at radius 1 is 0.323 bits per heavy atom. The molecule has 0 N–H and O–H groups in total. The number of rotatable bonds is 7. The lowest BCUT2D eigenvalue weighted by molar-refractivity contribution is 0.619. The van der Waals surface area contributed by atoms with E-state index in [0.29, 0.717) is 11.8 Å². The molecule has 0 amide bonds. The second-order valence-corrected chi connectivity index (χ2v) is 16.3. The van der Waals surface area contributed by atoms with Crippen LogP contribution in [0.4, 0.5) is 0 Å². The molecule has 0 aliphatic heterocycles. The summed E-state index contributed by atoms with van der Waals surface area (Å²) < 4.78 is 12.4. The number of hydrogen-bond acceptors (Lipinski definition) is 4. The van der Waals surface area contributed by atoms with Gasteiger partial charge in [-0.2, -0.15) is 0 Å². The molecule has 0 radical (unpaired) electrons. The van der Waals surface area contributed by atoms with Crippen molar-refractivity contribution in [3.63, 3.8) is 0 Å². The summed E-state index contributed by atoms with van der Waals surface area (Å²) in [6, 6.07) is 75.3. The van der Waals surface area contributed by atoms with E-state index in [0.717, 1.165) is 66.7 Å². The van der Waals surface area contributed by atoms with Crippen molar-refractivity contribution in [1.82, 2.24) is 9.97 Å². The lowest BCUT2D eigenvalue weighted by Gasteiger charge is -2.28. The number of oxazole rings is 2. The van der Waals surface area contributed by atoms with Crippen molar-refractivity contribution in [2.24, 2.45) is 0 Å². The Balaban J connectivity index is 0.985. The van der Waals surface area contributed by atoms with Crippen LogP contribution in [-0.2, 0) is 5.41 Å². The van der Waals surface area contributed by atoms with E-state index in [1.807, 2.05) is 48.5 Å². The second-order valence-electron chi connectivity index (χ2n) is 16.3. The number of nitrogens with zero attached hydrogens (tertiary/aromatic N) is 2. The molecule has 4 heteroatoms. The van der Waals surface area contributed by atoms with Gasteiger partial charge < -0.3 is 8.83 Å². The molecule has 292 valence electrons. The molecule has 1 unspecified atom stereocenters. The molecule has 2 heterocycles. The van der Waals surface area contributed by atoms with E-state index in [1.165, 1.54) is 38.9 Å². The van der Waals surface area contributed by atoms with Gasteiger partial charge in [-0.3, -0.25) is 0 Å². The maximum atomic E-state index is 6.22. The molecule has 1 aliphatic carbocycles. The number of para-hydroxylation sites is 4. The van der Waals surface area contributed by atoms with Crippen molar-refractivity contribution in [1.29, 1.82) is 0 Å². The Morgan fingerprint density at radius 3 is 1.31 bits per heavy atom. The van der Waals surface area contributed by atoms with Gasteiger partial charge in [0.05, 0.1) is 0 Å². The Bertz CT molecular complexity index is 3300. The molecular weight excluding hydrogens is 757 g/mol. The number of aromatic nitrogens is 2. The van der Waals surface area contributed by atoms with Gasteiger partial charge in [0.25, 0.3) is 0 Å². The largest absolute Gasteiger partial charge is 0.436 e. The van der Waals surface area contributed by atoms with E-state index in [2.05, 4.69) is 171 Å². The van der Waals surface area contributed by atoms with Crippen LogP contribution in [0, 0.1) is 0 Å². The fourth-order valence-electron chi connectivity index (χ4n) is 9.41. The lowest BCUT2D eigenvalue weighted by Crippen LogP contribution is -2.22. The van der Waals surface area contributed by atoms with Gasteiger partial charge in [-0.15, -0.1) is 0 Å². The summed E-state index contributed by atoms with van der Waals surface area (Å²) in [6.45, 7) is 2.37. The highest BCUT2D eigenvalue weighted by Crippen LogP contribution is 2.53. The normalized spacial score (nSPS) is 14.3. The SMILES string of the molecule is CC1(c2ccccc2)c2ccccc2-c2ccc(-c3cccc(-c4cc(-c5cccc(-c6nc7ccccc7o6)c5)cc(-c5cccc(-c6nc7ccccc7o6)c5)c4)c3)cc21. The smallest absolute Gasteiger partial charge is 0.227 e. The average molecular weight is 795 g/mol. The van der Waals surface area contributed by atoms with Crippen molar-refractivity contribution in [3.8, 4) is 78.5 Å².